The van der Waals surface area contributed by atoms with Crippen LogP contribution < -0.4 is 5.32 Å². The second kappa shape index (κ2) is 5.66. The van der Waals surface area contributed by atoms with Crippen LogP contribution in [-0.2, 0) is 0 Å². The molecule has 0 spiro atoms. The van der Waals surface area contributed by atoms with Gasteiger partial charge in [0, 0.05) is 18.3 Å². The molecule has 78 valence electrons. The van der Waals surface area contributed by atoms with Crippen molar-refractivity contribution in [2.45, 2.75) is 19.4 Å². The number of para-hydroxylation sites is 1. The first-order valence-electron chi connectivity index (χ1n) is 5.18. The summed E-state index contributed by atoms with van der Waals surface area (Å²) in [6, 6.07) is 10.9. The molecule has 1 N–H and O–H groups in total. The summed E-state index contributed by atoms with van der Waals surface area (Å²) >= 11 is 0. The number of hydrogen-bond acceptors (Lipinski definition) is 2. The minimum absolute atomic E-state index is 0.535. The van der Waals surface area contributed by atoms with Crippen LogP contribution in [0.1, 0.15) is 13.3 Å². The average Bonchev–Trinajstić information content (AvgIpc) is 2.17. The van der Waals surface area contributed by atoms with E-state index in [2.05, 4.69) is 55.5 Å². The fourth-order valence-electron chi connectivity index (χ4n) is 1.49. The molecular formula is C12H20N2. The van der Waals surface area contributed by atoms with Gasteiger partial charge in [-0.05, 0) is 32.6 Å². The summed E-state index contributed by atoms with van der Waals surface area (Å²) in [5.41, 5.74) is 1.21. The normalized spacial score (nSPS) is 12.9. The zero-order chi connectivity index (χ0) is 10.4. The number of benzene rings is 1. The maximum absolute atomic E-state index is 3.52. The van der Waals surface area contributed by atoms with Crippen LogP contribution in [-0.4, -0.2) is 31.6 Å². The SMILES string of the molecule is CCC(CN(C)C)Nc1ccccc1. The molecule has 2 heteroatoms. The summed E-state index contributed by atoms with van der Waals surface area (Å²) in [6.45, 7) is 3.29. The molecule has 1 atom stereocenters. The molecule has 0 saturated heterocycles. The molecule has 0 heterocycles. The Balaban J connectivity index is 2.48. The summed E-state index contributed by atoms with van der Waals surface area (Å²) in [5, 5.41) is 3.52. The van der Waals surface area contributed by atoms with E-state index in [1.165, 1.54) is 5.69 Å². The molecule has 1 rings (SSSR count). The first kappa shape index (κ1) is 11.1. The molecule has 1 aromatic carbocycles. The van der Waals surface area contributed by atoms with Gasteiger partial charge in [-0.25, -0.2) is 0 Å². The van der Waals surface area contributed by atoms with Gasteiger partial charge in [0.25, 0.3) is 0 Å². The Morgan fingerprint density at radius 2 is 1.86 bits per heavy atom. The number of rotatable bonds is 5. The number of anilines is 1. The number of likely N-dealkylation sites (N-methyl/N-ethyl adjacent to an activating group) is 1. The Hall–Kier alpha value is -1.02. The van der Waals surface area contributed by atoms with E-state index >= 15 is 0 Å². The molecule has 0 fully saturated rings. The highest BCUT2D eigenvalue weighted by Crippen LogP contribution is 2.08. The van der Waals surface area contributed by atoms with E-state index < -0.39 is 0 Å². The second-order valence-corrected chi connectivity index (χ2v) is 3.88. The van der Waals surface area contributed by atoms with Crippen LogP contribution in [0.25, 0.3) is 0 Å². The average molecular weight is 192 g/mol. The van der Waals surface area contributed by atoms with Crippen molar-refractivity contribution in [1.82, 2.24) is 4.90 Å². The predicted octanol–water partition coefficient (Wildman–Crippen LogP) is 2.44. The molecule has 0 aliphatic heterocycles. The number of nitrogens with one attached hydrogen (secondary N) is 1. The van der Waals surface area contributed by atoms with Crippen molar-refractivity contribution >= 4 is 5.69 Å². The molecule has 0 amide bonds. The third-order valence-electron chi connectivity index (χ3n) is 2.22. The highest BCUT2D eigenvalue weighted by molar-refractivity contribution is 5.43. The van der Waals surface area contributed by atoms with E-state index in [1.54, 1.807) is 0 Å². The van der Waals surface area contributed by atoms with Crippen molar-refractivity contribution < 1.29 is 0 Å². The topological polar surface area (TPSA) is 15.3 Å². The fraction of sp³-hybridized carbons (Fsp3) is 0.500. The van der Waals surface area contributed by atoms with Gasteiger partial charge in [0.2, 0.25) is 0 Å². The molecule has 0 aromatic heterocycles. The summed E-state index contributed by atoms with van der Waals surface area (Å²) in [4.78, 5) is 2.21. The van der Waals surface area contributed by atoms with E-state index in [0.717, 1.165) is 13.0 Å². The van der Waals surface area contributed by atoms with Crippen LogP contribution in [0.3, 0.4) is 0 Å². The molecule has 1 unspecified atom stereocenters. The highest BCUT2D eigenvalue weighted by Gasteiger charge is 2.06. The van der Waals surface area contributed by atoms with Crippen LogP contribution in [0.2, 0.25) is 0 Å². The van der Waals surface area contributed by atoms with Gasteiger partial charge >= 0.3 is 0 Å². The maximum Gasteiger partial charge on any atom is 0.0385 e. The van der Waals surface area contributed by atoms with Gasteiger partial charge in [0.15, 0.2) is 0 Å². The lowest BCUT2D eigenvalue weighted by Gasteiger charge is -2.21. The minimum atomic E-state index is 0.535. The van der Waals surface area contributed by atoms with Crippen LogP contribution in [0, 0.1) is 0 Å². The Labute approximate surface area is 86.9 Å². The van der Waals surface area contributed by atoms with E-state index in [9.17, 15) is 0 Å². The van der Waals surface area contributed by atoms with E-state index in [-0.39, 0.29) is 0 Å². The zero-order valence-electron chi connectivity index (χ0n) is 9.33. The van der Waals surface area contributed by atoms with Crippen LogP contribution in [0.5, 0.6) is 0 Å². The zero-order valence-corrected chi connectivity index (χ0v) is 9.33. The first-order valence-corrected chi connectivity index (χ1v) is 5.18. The van der Waals surface area contributed by atoms with Crippen LogP contribution in [0.15, 0.2) is 30.3 Å². The molecular weight excluding hydrogens is 172 g/mol. The molecule has 0 radical (unpaired) electrons. The van der Waals surface area contributed by atoms with Gasteiger partial charge in [-0.2, -0.15) is 0 Å². The Morgan fingerprint density at radius 3 is 2.36 bits per heavy atom. The standard InChI is InChI=1S/C12H20N2/c1-4-11(10-14(2)3)13-12-8-6-5-7-9-12/h5-9,11,13H,4,10H2,1-3H3. The molecule has 2 nitrogen and oxygen atoms in total. The number of nitrogens with zero attached hydrogens (tertiary/aromatic N) is 1. The van der Waals surface area contributed by atoms with Gasteiger partial charge in [-0.1, -0.05) is 25.1 Å². The summed E-state index contributed by atoms with van der Waals surface area (Å²) in [7, 11) is 4.21. The minimum Gasteiger partial charge on any atom is -0.381 e. The van der Waals surface area contributed by atoms with Gasteiger partial charge in [0.1, 0.15) is 0 Å². The predicted molar refractivity (Wildman–Crippen MR) is 62.7 cm³/mol. The smallest absolute Gasteiger partial charge is 0.0385 e. The second-order valence-electron chi connectivity index (χ2n) is 3.88. The monoisotopic (exact) mass is 192 g/mol. The van der Waals surface area contributed by atoms with Gasteiger partial charge in [-0.3, -0.25) is 0 Å². The van der Waals surface area contributed by atoms with Crippen molar-refractivity contribution in [3.05, 3.63) is 30.3 Å². The molecule has 14 heavy (non-hydrogen) atoms. The Morgan fingerprint density at radius 1 is 1.21 bits per heavy atom. The maximum atomic E-state index is 3.52. The van der Waals surface area contributed by atoms with Crippen molar-refractivity contribution in [3.8, 4) is 0 Å². The van der Waals surface area contributed by atoms with Crippen molar-refractivity contribution in [2.24, 2.45) is 0 Å². The molecule has 0 aliphatic rings. The van der Waals surface area contributed by atoms with E-state index in [1.807, 2.05) is 6.07 Å². The van der Waals surface area contributed by atoms with Crippen molar-refractivity contribution in [3.63, 3.8) is 0 Å². The molecule has 0 bridgehead atoms. The summed E-state index contributed by atoms with van der Waals surface area (Å²) in [5.74, 6) is 0. The van der Waals surface area contributed by atoms with E-state index in [4.69, 9.17) is 0 Å². The van der Waals surface area contributed by atoms with Gasteiger partial charge in [-0.15, -0.1) is 0 Å². The largest absolute Gasteiger partial charge is 0.381 e. The lowest BCUT2D eigenvalue weighted by atomic mass is 10.2. The summed E-state index contributed by atoms with van der Waals surface area (Å²) in [6.07, 6.45) is 1.15. The first-order chi connectivity index (χ1) is 6.72. The van der Waals surface area contributed by atoms with Crippen molar-refractivity contribution in [1.29, 1.82) is 0 Å². The molecule has 0 aliphatic carbocycles. The third kappa shape index (κ3) is 3.79. The van der Waals surface area contributed by atoms with E-state index in [0.29, 0.717) is 6.04 Å². The molecule has 1 aromatic rings. The number of hydrogen-bond donors (Lipinski definition) is 1. The highest BCUT2D eigenvalue weighted by atomic mass is 15.1. The quantitative estimate of drug-likeness (QED) is 0.771. The third-order valence-corrected chi connectivity index (χ3v) is 2.22. The van der Waals surface area contributed by atoms with Gasteiger partial charge < -0.3 is 10.2 Å². The Bertz CT molecular complexity index is 244. The summed E-state index contributed by atoms with van der Waals surface area (Å²) < 4.78 is 0. The van der Waals surface area contributed by atoms with Crippen LogP contribution >= 0.6 is 0 Å². The van der Waals surface area contributed by atoms with Gasteiger partial charge in [0.05, 0.1) is 0 Å². The lowest BCUT2D eigenvalue weighted by molar-refractivity contribution is 0.379. The van der Waals surface area contributed by atoms with Crippen LogP contribution in [0.4, 0.5) is 5.69 Å². The fourth-order valence-corrected chi connectivity index (χ4v) is 1.49. The van der Waals surface area contributed by atoms with Crippen molar-refractivity contribution in [2.75, 3.05) is 26.0 Å². The molecule has 0 saturated carbocycles. The lowest BCUT2D eigenvalue weighted by Crippen LogP contribution is -2.31. The Kier molecular flexibility index (Phi) is 4.47.